The number of ether oxygens (including phenoxy) is 4. The minimum absolute atomic E-state index is 0.0132. The third-order valence-electron chi connectivity index (χ3n) is 23.5. The maximum Gasteiger partial charge on any atom is 0.410 e. The van der Waals surface area contributed by atoms with Gasteiger partial charge in [-0.05, 0) is 222 Å². The zero-order valence-corrected chi connectivity index (χ0v) is 85.2. The fourth-order valence-electron chi connectivity index (χ4n) is 16.1. The van der Waals surface area contributed by atoms with Crippen molar-refractivity contribution in [1.29, 1.82) is 0 Å². The van der Waals surface area contributed by atoms with Gasteiger partial charge in [0.15, 0.2) is 6.10 Å². The highest BCUT2D eigenvalue weighted by Gasteiger charge is 2.48. The Kier molecular flexibility index (Phi) is 38.4. The lowest BCUT2D eigenvalue weighted by atomic mass is 9.88. The van der Waals surface area contributed by atoms with Crippen LogP contribution in [0.4, 0.5) is 32.3 Å². The first-order chi connectivity index (χ1) is 65.9. The smallest absolute Gasteiger partial charge is 0.410 e. The number of anilines is 4. The molecule has 14 rings (SSSR count). The number of nitrogens with zero attached hydrogens (tertiary/aromatic N) is 9. The summed E-state index contributed by atoms with van der Waals surface area (Å²) in [6.45, 7) is 32.7. The highest BCUT2D eigenvalue weighted by molar-refractivity contribution is 6.31. The lowest BCUT2D eigenvalue weighted by molar-refractivity contribution is -0.152. The molecule has 8 aromatic carbocycles. The number of halogens is 4. The minimum Gasteiger partial charge on any atom is -0.479 e. The number of rotatable bonds is 14. The van der Waals surface area contributed by atoms with Gasteiger partial charge in [-0.1, -0.05) is 161 Å². The van der Waals surface area contributed by atoms with E-state index in [0.717, 1.165) is 50.8 Å². The highest BCUT2D eigenvalue weighted by atomic mass is 35.5. The van der Waals surface area contributed by atoms with Crippen LogP contribution in [0.15, 0.2) is 170 Å². The van der Waals surface area contributed by atoms with Crippen LogP contribution in [0, 0.1) is 10.8 Å². The predicted molar refractivity (Wildman–Crippen MR) is 541 cm³/mol. The number of benzene rings is 8. The molecule has 750 valence electrons. The molecule has 6 aliphatic rings. The summed E-state index contributed by atoms with van der Waals surface area (Å²) in [5, 5.41) is 36.6. The van der Waals surface area contributed by atoms with E-state index in [1.807, 2.05) is 136 Å². The molecule has 6 heterocycles. The van der Waals surface area contributed by atoms with Gasteiger partial charge in [-0.15, -0.1) is 0 Å². The van der Waals surface area contributed by atoms with Crippen LogP contribution in [-0.2, 0) is 52.5 Å². The molecule has 9 amide bonds. The molecular weight excluding hydrogens is 1880 g/mol. The van der Waals surface area contributed by atoms with Gasteiger partial charge < -0.3 is 99.5 Å². The Hall–Kier alpha value is -12.7. The second-order valence-electron chi connectivity index (χ2n) is 37.8. The molecule has 7 N–H and O–H groups in total. The van der Waals surface area contributed by atoms with Crippen LogP contribution in [0.2, 0.25) is 20.1 Å². The topological polar surface area (TPSA) is 399 Å². The summed E-state index contributed by atoms with van der Waals surface area (Å²) in [6.07, 6.45) is -2.78. The summed E-state index contributed by atoms with van der Waals surface area (Å²) in [7, 11) is 2.51. The summed E-state index contributed by atoms with van der Waals surface area (Å²) in [5.74, 6) is -4.09. The molecule has 0 radical (unpaired) electrons. The molecule has 36 heteroatoms. The lowest BCUT2D eigenvalue weighted by Crippen LogP contribution is -2.62. The first-order valence-corrected chi connectivity index (χ1v) is 47.5. The molecule has 32 nitrogen and oxygen atoms in total. The molecular formula is C104H126Cl4N12O20. The Morgan fingerprint density at radius 3 is 1.18 bits per heavy atom. The number of nitrogens with one attached hydrogen (secondary N) is 2. The molecule has 0 bridgehead atoms. The summed E-state index contributed by atoms with van der Waals surface area (Å²) >= 11 is 24.0. The molecule has 4 fully saturated rings. The number of aliphatic hydroxyl groups excluding tert-OH is 2. The SMILES string of the molecule is CC(C)(C)[C@H](O)C(=O)O.CC=O.CCN1C(=O)C2CN(C(=O)[C@@H](O)C(C)(C)C)CCN2C(=O)c2cc(-c3ccc(Cl)cc3)ccc21.CCN1C(=O)C2CNCCN2C(=O)c2cc(-c3ccc(Cl)cc3)ccc21.CCNc1ccc(-c2ccc(Cl)cc2)cc1C(=O)N1CCN(C(=O)OC(C)(C)C)CC1C(=O)OC.COC(=O)C1CN(C(=O)OC(C)(C)C)CCN1C(=O)c1cc(-c2ccc(Cl)cc2)ccc1N. The number of nitrogens with two attached hydrogens (primary N) is 1. The van der Waals surface area contributed by atoms with Gasteiger partial charge in [0, 0.05) is 110 Å². The van der Waals surface area contributed by atoms with E-state index in [1.54, 1.807) is 157 Å². The van der Waals surface area contributed by atoms with Crippen molar-refractivity contribution in [2.45, 2.75) is 158 Å². The Bertz CT molecular complexity index is 5810. The van der Waals surface area contributed by atoms with Gasteiger partial charge in [-0.25, -0.2) is 24.0 Å². The number of carbonyl (C=O) groups is 13. The normalized spacial score (nSPS) is 17.3. The molecule has 0 aliphatic carbocycles. The van der Waals surface area contributed by atoms with Crippen molar-refractivity contribution in [3.8, 4) is 44.5 Å². The number of methoxy groups -OCH3 is 2. The largest absolute Gasteiger partial charge is 0.479 e. The summed E-state index contributed by atoms with van der Waals surface area (Å²) in [6, 6.07) is 48.3. The van der Waals surface area contributed by atoms with Gasteiger partial charge in [0.25, 0.3) is 41.4 Å². The highest BCUT2D eigenvalue weighted by Crippen LogP contribution is 2.39. The maximum absolute atomic E-state index is 13.8. The standard InChI is InChI=1S/C26H32ClN3O5.C26H30ClN3O4.C24H28ClN3O5.C20H20ClN3O2.C6H12O3.C2H4O/c1-6-28-21-12-9-18(17-7-10-19(27)11-8-17)15-20(21)23(31)30-14-13-29(16-22(30)24(32)34-5)25(33)35-26(2,3)4;1-5-29-20-11-8-17(16-6-9-18(27)10-7-16)14-19(20)23(32)30-13-12-28(15-21(30)24(29)33)25(34)22(31)26(2,3)4;1-24(2,3)33-23(31)27-11-12-28(20(14-27)22(30)32-4)21(29)18-13-16(7-10-19(18)26)15-5-8-17(25)9-6-15;1-2-23-17-8-5-14(13-3-6-15(21)7-4-13)11-16(17)19(25)24-10-9-22-12-18(24)20(23)26;1-6(2,3)4(7)5(8)9;1-2-3/h7-12,15,22,28H,6,13-14,16H2,1-5H3;6-11,14,21-22,31H,5,12-13,15H2,1-4H3;5-10,13,20H,11-12,14,26H2,1-4H3;3-8,11,18,22H,2,9-10,12H2,1H3;4,7H,1-3H3,(H,8,9);2H,1H3/t;21?,22-;;;4-;/m.1..1./s1. The number of hydrogen-bond donors (Lipinski definition) is 6. The number of nitrogen functional groups attached to an aromatic ring is 1. The first-order valence-electron chi connectivity index (χ1n) is 46.0. The van der Waals surface area contributed by atoms with E-state index in [0.29, 0.717) is 93.1 Å². The van der Waals surface area contributed by atoms with Gasteiger partial charge in [0.05, 0.1) is 67.5 Å². The first kappa shape index (κ1) is 111. The number of aldehydes is 1. The number of amides is 9. The second-order valence-corrected chi connectivity index (χ2v) is 39.6. The average molecular weight is 2010 g/mol. The van der Waals surface area contributed by atoms with Crippen molar-refractivity contribution in [2.75, 3.05) is 133 Å². The van der Waals surface area contributed by atoms with Gasteiger partial charge in [-0.3, -0.25) is 33.6 Å². The van der Waals surface area contributed by atoms with Crippen LogP contribution >= 0.6 is 46.4 Å². The number of carbonyl (C=O) groups excluding carboxylic acids is 12. The number of likely N-dealkylation sites (N-methyl/N-ethyl adjacent to an activating group) is 2. The van der Waals surface area contributed by atoms with Crippen LogP contribution in [0.5, 0.6) is 0 Å². The number of piperazine rings is 4. The number of carboxylic acid groups (broad SMARTS) is 1. The Morgan fingerprint density at radius 1 is 0.464 bits per heavy atom. The van der Waals surface area contributed by atoms with Gasteiger partial charge in [0.1, 0.15) is 47.8 Å². The molecule has 140 heavy (non-hydrogen) atoms. The number of esters is 2. The maximum atomic E-state index is 13.8. The third-order valence-corrected chi connectivity index (χ3v) is 24.5. The van der Waals surface area contributed by atoms with Crippen LogP contribution in [-0.4, -0.2) is 287 Å². The summed E-state index contributed by atoms with van der Waals surface area (Å²) in [4.78, 5) is 177. The third kappa shape index (κ3) is 28.1. The number of aliphatic carboxylic acids is 1. The van der Waals surface area contributed by atoms with E-state index in [1.165, 1.54) is 45.6 Å². The zero-order chi connectivity index (χ0) is 103. The Balaban J connectivity index is 0.000000201. The van der Waals surface area contributed by atoms with E-state index in [9.17, 15) is 62.6 Å². The van der Waals surface area contributed by atoms with Crippen molar-refractivity contribution < 1.29 is 96.6 Å². The second kappa shape index (κ2) is 48.5. The van der Waals surface area contributed by atoms with E-state index in [4.69, 9.17) is 86.1 Å². The zero-order valence-electron chi connectivity index (χ0n) is 82.2. The number of carboxylic acids is 1. The van der Waals surface area contributed by atoms with Crippen LogP contribution in [0.25, 0.3) is 44.5 Å². The molecule has 0 saturated carbocycles. The van der Waals surface area contributed by atoms with Gasteiger partial charge >= 0.3 is 30.1 Å². The molecule has 6 aliphatic heterocycles. The lowest BCUT2D eigenvalue weighted by Gasteiger charge is -2.41. The number of aliphatic hydroxyl groups is 2. The van der Waals surface area contributed by atoms with E-state index in [-0.39, 0.29) is 99.7 Å². The fourth-order valence-corrected chi connectivity index (χ4v) is 16.6. The van der Waals surface area contributed by atoms with Crippen LogP contribution < -0.4 is 26.2 Å². The molecule has 0 spiro atoms. The van der Waals surface area contributed by atoms with Gasteiger partial charge in [0.2, 0.25) is 0 Å². The number of fused-ring (bicyclic) bond motifs is 4. The molecule has 6 atom stereocenters. The van der Waals surface area contributed by atoms with Gasteiger partial charge in [-0.2, -0.15) is 0 Å². The molecule has 8 aromatic rings. The predicted octanol–water partition coefficient (Wildman–Crippen LogP) is 15.4. The van der Waals surface area contributed by atoms with Crippen molar-refractivity contribution in [3.63, 3.8) is 0 Å². The van der Waals surface area contributed by atoms with E-state index >= 15 is 0 Å². The van der Waals surface area contributed by atoms with E-state index in [2.05, 4.69) is 10.6 Å². The van der Waals surface area contributed by atoms with E-state index < -0.39 is 100 Å². The van der Waals surface area contributed by atoms with Crippen molar-refractivity contribution in [3.05, 3.63) is 212 Å². The minimum atomic E-state index is -1.27. The van der Waals surface area contributed by atoms with Crippen LogP contribution in [0.3, 0.4) is 0 Å². The van der Waals surface area contributed by atoms with Crippen LogP contribution in [0.1, 0.15) is 152 Å². The quantitative estimate of drug-likeness (QED) is 0.0255. The molecule has 0 aromatic heterocycles. The van der Waals surface area contributed by atoms with Crippen molar-refractivity contribution >= 4 is 147 Å². The van der Waals surface area contributed by atoms with Crippen molar-refractivity contribution in [2.24, 2.45) is 10.8 Å². The summed E-state index contributed by atoms with van der Waals surface area (Å²) in [5.41, 5.74) is 14.6. The Morgan fingerprint density at radius 2 is 0.814 bits per heavy atom. The fraction of sp³-hybridized carbons (Fsp3) is 0.413. The summed E-state index contributed by atoms with van der Waals surface area (Å²) < 4.78 is 20.8. The number of hydrogen-bond acceptors (Lipinski definition) is 22. The molecule has 4 saturated heterocycles. The van der Waals surface area contributed by atoms with Crippen molar-refractivity contribution in [1.82, 2.24) is 39.6 Å². The molecule has 4 unspecified atom stereocenters. The monoisotopic (exact) mass is 2000 g/mol. The average Bonchev–Trinajstić information content (AvgIpc) is 1.62. The Labute approximate surface area is 837 Å².